The molecule has 0 amide bonds. The highest BCUT2D eigenvalue weighted by Crippen LogP contribution is 2.17. The molecule has 0 fully saturated rings. The summed E-state index contributed by atoms with van der Waals surface area (Å²) in [4.78, 5) is 0. The molecule has 0 aromatic heterocycles. The van der Waals surface area contributed by atoms with E-state index < -0.39 is 0 Å². The Bertz CT molecular complexity index is 23.1. The SMILES string of the molecule is CC[C](P)CC. The molecule has 1 unspecified atom stereocenters. The third kappa shape index (κ3) is 2.66. The van der Waals surface area contributed by atoms with Gasteiger partial charge in [-0.05, 0) is 18.5 Å². The van der Waals surface area contributed by atoms with Gasteiger partial charge in [-0.3, -0.25) is 0 Å². The molecule has 37 valence electrons. The van der Waals surface area contributed by atoms with Crippen LogP contribution in [0.1, 0.15) is 26.7 Å². The van der Waals surface area contributed by atoms with Crippen molar-refractivity contribution in [2.45, 2.75) is 26.7 Å². The smallest absolute Gasteiger partial charge is 0.00652 e. The van der Waals surface area contributed by atoms with Gasteiger partial charge < -0.3 is 0 Å². The lowest BCUT2D eigenvalue weighted by Gasteiger charge is -1.97. The quantitative estimate of drug-likeness (QED) is 0.470. The van der Waals surface area contributed by atoms with Gasteiger partial charge in [0.05, 0.1) is 0 Å². The van der Waals surface area contributed by atoms with Gasteiger partial charge in [-0.25, -0.2) is 0 Å². The summed E-state index contributed by atoms with van der Waals surface area (Å²) >= 11 is 0. The number of rotatable bonds is 2. The lowest BCUT2D eigenvalue weighted by Crippen LogP contribution is -1.76. The Kier molecular flexibility index (Phi) is 3.87. The van der Waals surface area contributed by atoms with E-state index in [4.69, 9.17) is 0 Å². The minimum Gasteiger partial charge on any atom is -0.130 e. The predicted molar refractivity (Wildman–Crippen MR) is 33.5 cm³/mol. The summed E-state index contributed by atoms with van der Waals surface area (Å²) in [6.07, 6.45) is 2.42. The van der Waals surface area contributed by atoms with Crippen molar-refractivity contribution >= 4 is 9.24 Å². The Morgan fingerprint density at radius 1 is 1.33 bits per heavy atom. The molecule has 0 heterocycles. The fourth-order valence-electron chi connectivity index (χ4n) is 0.250. The summed E-state index contributed by atoms with van der Waals surface area (Å²) in [6.45, 7) is 4.34. The van der Waals surface area contributed by atoms with Gasteiger partial charge in [0.2, 0.25) is 0 Å². The van der Waals surface area contributed by atoms with Crippen LogP contribution in [0.4, 0.5) is 0 Å². The van der Waals surface area contributed by atoms with E-state index in [0.717, 1.165) is 0 Å². The monoisotopic (exact) mass is 103 g/mol. The Labute approximate surface area is 42.5 Å². The molecule has 0 aliphatic rings. The summed E-state index contributed by atoms with van der Waals surface area (Å²) in [6, 6.07) is 0. The first-order chi connectivity index (χ1) is 2.81. The van der Waals surface area contributed by atoms with E-state index in [1.54, 1.807) is 0 Å². The second-order valence-electron chi connectivity index (χ2n) is 1.37. The number of hydrogen-bond acceptors (Lipinski definition) is 0. The van der Waals surface area contributed by atoms with Crippen LogP contribution < -0.4 is 0 Å². The molecule has 0 nitrogen and oxygen atoms in total. The Morgan fingerprint density at radius 2 is 1.67 bits per heavy atom. The first-order valence-electron chi connectivity index (χ1n) is 2.41. The first-order valence-corrected chi connectivity index (χ1v) is 2.99. The maximum atomic E-state index is 2.73. The van der Waals surface area contributed by atoms with Gasteiger partial charge in [0.15, 0.2) is 0 Å². The van der Waals surface area contributed by atoms with Crippen molar-refractivity contribution in [3.63, 3.8) is 0 Å². The third-order valence-electron chi connectivity index (χ3n) is 0.908. The zero-order chi connectivity index (χ0) is 4.99. The molecule has 0 aromatic rings. The molecule has 1 heteroatoms. The van der Waals surface area contributed by atoms with E-state index in [2.05, 4.69) is 23.1 Å². The van der Waals surface area contributed by atoms with Crippen molar-refractivity contribution in [2.75, 3.05) is 0 Å². The molecule has 0 aliphatic carbocycles. The van der Waals surface area contributed by atoms with Crippen molar-refractivity contribution < 1.29 is 0 Å². The fourth-order valence-corrected chi connectivity index (χ4v) is 0.250. The Morgan fingerprint density at radius 3 is 1.67 bits per heavy atom. The minimum absolute atomic E-state index is 1.21. The molecule has 1 radical (unpaired) electrons. The van der Waals surface area contributed by atoms with Gasteiger partial charge in [-0.1, -0.05) is 13.8 Å². The summed E-state index contributed by atoms with van der Waals surface area (Å²) < 4.78 is 0. The summed E-state index contributed by atoms with van der Waals surface area (Å²) in [5.41, 5.74) is 1.51. The van der Waals surface area contributed by atoms with Crippen molar-refractivity contribution in [3.05, 3.63) is 5.66 Å². The maximum absolute atomic E-state index is 2.73. The predicted octanol–water partition coefficient (Wildman–Crippen LogP) is 2.21. The van der Waals surface area contributed by atoms with Gasteiger partial charge in [-0.15, -0.1) is 9.24 Å². The molecule has 0 aliphatic heterocycles. The zero-order valence-electron chi connectivity index (χ0n) is 4.49. The third-order valence-corrected chi connectivity index (χ3v) is 1.72. The lowest BCUT2D eigenvalue weighted by atomic mass is 10.3. The van der Waals surface area contributed by atoms with Gasteiger partial charge >= 0.3 is 0 Å². The highest BCUT2D eigenvalue weighted by molar-refractivity contribution is 7.20. The molecule has 0 N–H and O–H groups in total. The van der Waals surface area contributed by atoms with Crippen LogP contribution >= 0.6 is 9.24 Å². The average Bonchev–Trinajstić information content (AvgIpc) is 1.65. The molecule has 0 saturated carbocycles. The van der Waals surface area contributed by atoms with E-state index in [-0.39, 0.29) is 0 Å². The van der Waals surface area contributed by atoms with E-state index in [1.165, 1.54) is 18.5 Å². The molecule has 0 rings (SSSR count). The van der Waals surface area contributed by atoms with Gasteiger partial charge in [-0.2, -0.15) is 0 Å². The standard InChI is InChI=1S/C5H12P/c1-3-5(6)4-2/h3-4,6H2,1-2H3. The summed E-state index contributed by atoms with van der Waals surface area (Å²) in [7, 11) is 2.73. The van der Waals surface area contributed by atoms with Gasteiger partial charge in [0, 0.05) is 0 Å². The van der Waals surface area contributed by atoms with E-state index in [0.29, 0.717) is 0 Å². The molecule has 6 heavy (non-hydrogen) atoms. The molecule has 0 aromatic carbocycles. The van der Waals surface area contributed by atoms with Crippen LogP contribution in [0.3, 0.4) is 0 Å². The zero-order valence-corrected chi connectivity index (χ0v) is 5.65. The van der Waals surface area contributed by atoms with Crippen LogP contribution in [-0.2, 0) is 0 Å². The second kappa shape index (κ2) is 3.61. The lowest BCUT2D eigenvalue weighted by molar-refractivity contribution is 0.934. The fraction of sp³-hybridized carbons (Fsp3) is 0.800. The van der Waals surface area contributed by atoms with Crippen molar-refractivity contribution in [2.24, 2.45) is 0 Å². The molecule has 0 bridgehead atoms. The summed E-state index contributed by atoms with van der Waals surface area (Å²) in [5.74, 6) is 0. The van der Waals surface area contributed by atoms with Gasteiger partial charge in [0.25, 0.3) is 0 Å². The molecule has 1 atom stereocenters. The first kappa shape index (κ1) is 6.43. The van der Waals surface area contributed by atoms with E-state index >= 15 is 0 Å². The number of hydrogen-bond donors (Lipinski definition) is 0. The van der Waals surface area contributed by atoms with Crippen LogP contribution in [0.25, 0.3) is 0 Å². The largest absolute Gasteiger partial charge is 0.130 e. The van der Waals surface area contributed by atoms with Gasteiger partial charge in [0.1, 0.15) is 0 Å². The van der Waals surface area contributed by atoms with E-state index in [9.17, 15) is 0 Å². The maximum Gasteiger partial charge on any atom is -0.00652 e. The molecular weight excluding hydrogens is 91.0 g/mol. The Hall–Kier alpha value is 0.430. The summed E-state index contributed by atoms with van der Waals surface area (Å²) in [5, 5.41) is 0. The van der Waals surface area contributed by atoms with Crippen LogP contribution in [0.5, 0.6) is 0 Å². The second-order valence-corrected chi connectivity index (χ2v) is 2.18. The highest BCUT2D eigenvalue weighted by atomic mass is 31.0. The van der Waals surface area contributed by atoms with Crippen LogP contribution in [0, 0.1) is 5.66 Å². The van der Waals surface area contributed by atoms with Crippen LogP contribution in [0.2, 0.25) is 0 Å². The van der Waals surface area contributed by atoms with E-state index in [1.807, 2.05) is 0 Å². The minimum atomic E-state index is 1.21. The topological polar surface area (TPSA) is 0 Å². The molecule has 0 saturated heterocycles. The van der Waals surface area contributed by atoms with Crippen LogP contribution in [0.15, 0.2) is 0 Å². The highest BCUT2D eigenvalue weighted by Gasteiger charge is 1.89. The Balaban J connectivity index is 2.75. The normalized spacial score (nSPS) is 10.0. The molecular formula is C5H12P. The van der Waals surface area contributed by atoms with Crippen molar-refractivity contribution in [1.29, 1.82) is 0 Å². The van der Waals surface area contributed by atoms with Crippen LogP contribution in [-0.4, -0.2) is 0 Å². The molecule has 0 spiro atoms. The van der Waals surface area contributed by atoms with Crippen molar-refractivity contribution in [1.82, 2.24) is 0 Å². The average molecular weight is 103 g/mol. The van der Waals surface area contributed by atoms with Crippen molar-refractivity contribution in [3.8, 4) is 0 Å².